The highest BCUT2D eigenvalue weighted by Gasteiger charge is 2.15. The molecule has 0 amide bonds. The molecule has 17 heavy (non-hydrogen) atoms. The minimum absolute atomic E-state index is 0.0524. The molecule has 3 nitrogen and oxygen atoms in total. The normalized spacial score (nSPS) is 19.6. The van der Waals surface area contributed by atoms with Gasteiger partial charge in [-0.3, -0.25) is 9.78 Å². The van der Waals surface area contributed by atoms with E-state index in [9.17, 15) is 4.79 Å². The maximum atomic E-state index is 11.9. The third-order valence-corrected chi connectivity index (χ3v) is 4.01. The fourth-order valence-corrected chi connectivity index (χ4v) is 2.91. The van der Waals surface area contributed by atoms with Gasteiger partial charge in [0.15, 0.2) is 0 Å². The molecule has 1 aliphatic carbocycles. The zero-order valence-electron chi connectivity index (χ0n) is 9.11. The van der Waals surface area contributed by atoms with Crippen molar-refractivity contribution in [3.05, 3.63) is 46.5 Å². The Labute approximate surface area is 112 Å². The fraction of sp³-hybridized carbons (Fsp3) is 0.231. The van der Waals surface area contributed by atoms with Crippen molar-refractivity contribution in [2.24, 2.45) is 0 Å². The monoisotopic (exact) mass is 338 g/mol. The number of hydrogen-bond donors (Lipinski definition) is 1. The Bertz CT molecular complexity index is 660. The van der Waals surface area contributed by atoms with Gasteiger partial charge in [0.1, 0.15) is 0 Å². The van der Waals surface area contributed by atoms with Crippen molar-refractivity contribution >= 4 is 39.1 Å². The van der Waals surface area contributed by atoms with Gasteiger partial charge in [0, 0.05) is 15.8 Å². The third kappa shape index (κ3) is 2.01. The number of aromatic nitrogens is 2. The highest BCUT2D eigenvalue weighted by atomic mass is 127. The summed E-state index contributed by atoms with van der Waals surface area (Å²) >= 11 is 2.42. The number of halogens is 1. The number of H-pyrrole nitrogens is 1. The van der Waals surface area contributed by atoms with Gasteiger partial charge in [-0.2, -0.15) is 0 Å². The Morgan fingerprint density at radius 3 is 3.12 bits per heavy atom. The number of rotatable bonds is 1. The van der Waals surface area contributed by atoms with E-state index in [1.54, 1.807) is 18.3 Å². The zero-order chi connectivity index (χ0) is 11.8. The van der Waals surface area contributed by atoms with Gasteiger partial charge < -0.3 is 4.98 Å². The SMILES string of the molecule is O=c1[nH]c(C2=C[C@H](I)CC2)cc2ncccc12. The van der Waals surface area contributed by atoms with Crippen LogP contribution in [0.5, 0.6) is 0 Å². The Hall–Kier alpha value is -1.17. The third-order valence-electron chi connectivity index (χ3n) is 3.03. The smallest absolute Gasteiger partial charge is 0.257 e. The summed E-state index contributed by atoms with van der Waals surface area (Å²) in [5, 5.41) is 0.654. The van der Waals surface area contributed by atoms with Crippen molar-refractivity contribution in [2.45, 2.75) is 16.8 Å². The van der Waals surface area contributed by atoms with Crippen molar-refractivity contribution in [3.8, 4) is 0 Å². The van der Waals surface area contributed by atoms with E-state index in [1.807, 2.05) is 6.07 Å². The van der Waals surface area contributed by atoms with E-state index in [0.717, 1.165) is 24.1 Å². The fourth-order valence-electron chi connectivity index (χ4n) is 2.16. The minimum atomic E-state index is -0.0524. The van der Waals surface area contributed by atoms with E-state index in [1.165, 1.54) is 5.57 Å². The Kier molecular flexibility index (Phi) is 2.74. The van der Waals surface area contributed by atoms with Gasteiger partial charge in [-0.05, 0) is 36.6 Å². The highest BCUT2D eigenvalue weighted by molar-refractivity contribution is 14.1. The molecule has 0 spiro atoms. The highest BCUT2D eigenvalue weighted by Crippen LogP contribution is 2.30. The van der Waals surface area contributed by atoms with E-state index in [0.29, 0.717) is 9.31 Å². The maximum absolute atomic E-state index is 11.9. The number of allylic oxidation sites excluding steroid dienone is 2. The standard InChI is InChI=1S/C13H11IN2O/c14-9-4-3-8(6-9)11-7-12-10(13(17)16-11)2-1-5-15-12/h1-2,5-7,9H,3-4H2,(H,16,17)/t9-/m1/s1. The van der Waals surface area contributed by atoms with Crippen LogP contribution in [0.2, 0.25) is 0 Å². The zero-order valence-corrected chi connectivity index (χ0v) is 11.3. The molecule has 0 fully saturated rings. The predicted molar refractivity (Wildman–Crippen MR) is 77.4 cm³/mol. The summed E-state index contributed by atoms with van der Waals surface area (Å²) in [6.07, 6.45) is 6.12. The first kappa shape index (κ1) is 11.0. The molecule has 2 aromatic heterocycles. The average Bonchev–Trinajstić information content (AvgIpc) is 2.76. The van der Waals surface area contributed by atoms with Crippen LogP contribution in [0.4, 0.5) is 0 Å². The summed E-state index contributed by atoms with van der Waals surface area (Å²) < 4.78 is 0.575. The average molecular weight is 338 g/mol. The van der Waals surface area contributed by atoms with Crippen molar-refractivity contribution in [1.82, 2.24) is 9.97 Å². The van der Waals surface area contributed by atoms with E-state index in [2.05, 4.69) is 38.6 Å². The lowest BCUT2D eigenvalue weighted by Gasteiger charge is -2.03. The van der Waals surface area contributed by atoms with Gasteiger partial charge in [-0.15, -0.1) is 0 Å². The van der Waals surface area contributed by atoms with E-state index >= 15 is 0 Å². The van der Waals surface area contributed by atoms with E-state index in [-0.39, 0.29) is 5.56 Å². The minimum Gasteiger partial charge on any atom is -0.322 e. The maximum Gasteiger partial charge on any atom is 0.257 e. The second-order valence-electron chi connectivity index (χ2n) is 4.19. The molecule has 1 atom stereocenters. The lowest BCUT2D eigenvalue weighted by atomic mass is 10.1. The number of nitrogens with zero attached hydrogens (tertiary/aromatic N) is 1. The van der Waals surface area contributed by atoms with Gasteiger partial charge in [0.25, 0.3) is 5.56 Å². The van der Waals surface area contributed by atoms with Crippen molar-refractivity contribution in [1.29, 1.82) is 0 Å². The molecule has 86 valence electrons. The van der Waals surface area contributed by atoms with Crippen LogP contribution in [0.25, 0.3) is 16.5 Å². The Balaban J connectivity index is 2.19. The molecule has 0 saturated carbocycles. The lowest BCUT2D eigenvalue weighted by Crippen LogP contribution is -2.09. The molecule has 2 heterocycles. The molecule has 0 saturated heterocycles. The van der Waals surface area contributed by atoms with Gasteiger partial charge in [-0.25, -0.2) is 0 Å². The van der Waals surface area contributed by atoms with Gasteiger partial charge in [0.05, 0.1) is 10.9 Å². The number of fused-ring (bicyclic) bond motifs is 1. The van der Waals surface area contributed by atoms with Crippen LogP contribution in [0.3, 0.4) is 0 Å². The quantitative estimate of drug-likeness (QED) is 0.642. The van der Waals surface area contributed by atoms with Crippen molar-refractivity contribution in [3.63, 3.8) is 0 Å². The van der Waals surface area contributed by atoms with Gasteiger partial charge in [0.2, 0.25) is 0 Å². The topological polar surface area (TPSA) is 45.8 Å². The molecule has 3 rings (SSSR count). The molecular formula is C13H11IN2O. The number of nitrogens with one attached hydrogen (secondary N) is 1. The van der Waals surface area contributed by atoms with Gasteiger partial charge in [-0.1, -0.05) is 28.7 Å². The molecule has 0 radical (unpaired) electrons. The van der Waals surface area contributed by atoms with E-state index in [4.69, 9.17) is 0 Å². The molecule has 0 aliphatic heterocycles. The molecular weight excluding hydrogens is 327 g/mol. The van der Waals surface area contributed by atoms with Crippen LogP contribution in [0, 0.1) is 0 Å². The lowest BCUT2D eigenvalue weighted by molar-refractivity contribution is 0.968. The molecule has 1 aliphatic rings. The number of alkyl halides is 1. The molecule has 2 aromatic rings. The predicted octanol–water partition coefficient (Wildman–Crippen LogP) is 2.90. The summed E-state index contributed by atoms with van der Waals surface area (Å²) in [5.74, 6) is 0. The summed E-state index contributed by atoms with van der Waals surface area (Å²) in [4.78, 5) is 19.1. The molecule has 0 aromatic carbocycles. The van der Waals surface area contributed by atoms with Crippen LogP contribution >= 0.6 is 22.6 Å². The number of pyridine rings is 2. The van der Waals surface area contributed by atoms with E-state index < -0.39 is 0 Å². The first-order valence-corrected chi connectivity index (χ1v) is 6.82. The Morgan fingerprint density at radius 2 is 2.35 bits per heavy atom. The summed E-state index contributed by atoms with van der Waals surface area (Å²) in [6, 6.07) is 5.55. The molecule has 1 N–H and O–H groups in total. The van der Waals surface area contributed by atoms with Gasteiger partial charge >= 0.3 is 0 Å². The summed E-state index contributed by atoms with van der Waals surface area (Å²) in [6.45, 7) is 0. The number of hydrogen-bond acceptors (Lipinski definition) is 2. The van der Waals surface area contributed by atoms with Crippen LogP contribution in [-0.2, 0) is 0 Å². The Morgan fingerprint density at radius 1 is 1.47 bits per heavy atom. The largest absolute Gasteiger partial charge is 0.322 e. The van der Waals surface area contributed by atoms with Crippen molar-refractivity contribution in [2.75, 3.05) is 0 Å². The van der Waals surface area contributed by atoms with Crippen LogP contribution in [0.1, 0.15) is 18.5 Å². The molecule has 4 heteroatoms. The summed E-state index contributed by atoms with van der Waals surface area (Å²) in [7, 11) is 0. The van der Waals surface area contributed by atoms with Crippen molar-refractivity contribution < 1.29 is 0 Å². The van der Waals surface area contributed by atoms with Crippen LogP contribution in [-0.4, -0.2) is 13.9 Å². The van der Waals surface area contributed by atoms with Crippen LogP contribution < -0.4 is 5.56 Å². The first-order chi connectivity index (χ1) is 8.24. The second-order valence-corrected chi connectivity index (χ2v) is 5.79. The molecule has 0 unspecified atom stereocenters. The van der Waals surface area contributed by atoms with Crippen LogP contribution in [0.15, 0.2) is 35.3 Å². The second kappa shape index (κ2) is 4.25. The summed E-state index contributed by atoms with van der Waals surface area (Å²) in [5.41, 5.74) is 2.86. The molecule has 0 bridgehead atoms. The number of aromatic amines is 1. The first-order valence-electron chi connectivity index (χ1n) is 5.57.